The average molecular weight is 476 g/mol. The largest absolute Gasteiger partial charge is 0.345 e. The fourth-order valence-electron chi connectivity index (χ4n) is 2.73. The van der Waals surface area contributed by atoms with E-state index in [0.717, 1.165) is 24.3 Å². The van der Waals surface area contributed by atoms with E-state index < -0.39 is 21.7 Å². The number of benzene rings is 3. The van der Waals surface area contributed by atoms with Crippen molar-refractivity contribution >= 4 is 44.8 Å². The topological polar surface area (TPSA) is 95.6 Å². The van der Waals surface area contributed by atoms with Gasteiger partial charge < -0.3 is 10.2 Å². The second-order valence-electron chi connectivity index (χ2n) is 6.99. The molecule has 0 aliphatic heterocycles. The Kier molecular flexibility index (Phi) is 6.81. The van der Waals surface area contributed by atoms with E-state index in [9.17, 15) is 22.4 Å². The van der Waals surface area contributed by atoms with Crippen molar-refractivity contribution in [3.05, 3.63) is 88.7 Å². The number of hydrogen-bond acceptors (Lipinski definition) is 4. The van der Waals surface area contributed by atoms with Crippen LogP contribution < -0.4 is 10.0 Å². The molecule has 0 aromatic heterocycles. The molecule has 3 rings (SSSR count). The normalized spacial score (nSPS) is 11.0. The predicted octanol–water partition coefficient (Wildman–Crippen LogP) is 4.23. The predicted molar refractivity (Wildman–Crippen MR) is 121 cm³/mol. The molecule has 2 amide bonds. The van der Waals surface area contributed by atoms with E-state index in [2.05, 4.69) is 10.0 Å². The van der Waals surface area contributed by atoms with Crippen molar-refractivity contribution in [2.75, 3.05) is 24.1 Å². The highest BCUT2D eigenvalue weighted by Crippen LogP contribution is 2.23. The zero-order valence-corrected chi connectivity index (χ0v) is 18.7. The molecule has 10 heteroatoms. The molecular formula is C22H19ClFN3O4S. The first-order valence-corrected chi connectivity index (χ1v) is 11.1. The van der Waals surface area contributed by atoms with Gasteiger partial charge in [-0.3, -0.25) is 14.3 Å². The molecule has 0 bridgehead atoms. The molecule has 32 heavy (non-hydrogen) atoms. The minimum absolute atomic E-state index is 0.0891. The van der Waals surface area contributed by atoms with Crippen LogP contribution in [0.15, 0.2) is 71.6 Å². The van der Waals surface area contributed by atoms with Gasteiger partial charge in [0, 0.05) is 31.0 Å². The van der Waals surface area contributed by atoms with Crippen molar-refractivity contribution in [1.29, 1.82) is 0 Å². The molecule has 2 N–H and O–H groups in total. The van der Waals surface area contributed by atoms with Crippen LogP contribution in [0.25, 0.3) is 0 Å². The Hall–Kier alpha value is -3.43. The van der Waals surface area contributed by atoms with Gasteiger partial charge in [0.1, 0.15) is 5.82 Å². The van der Waals surface area contributed by atoms with Gasteiger partial charge in [0.05, 0.1) is 15.5 Å². The summed E-state index contributed by atoms with van der Waals surface area (Å²) in [4.78, 5) is 25.8. The standard InChI is InChI=1S/C22H19ClFN3O4S/c1-27(2)22(29)19-12-9-17(13-20(19)23)25-21(28)14-3-7-16(8-4-14)26-32(30,31)18-10-5-15(24)6-11-18/h3-13,26H,1-2H3,(H,25,28). The summed E-state index contributed by atoms with van der Waals surface area (Å²) in [5, 5.41) is 2.87. The molecule has 7 nitrogen and oxygen atoms in total. The summed E-state index contributed by atoms with van der Waals surface area (Å²) in [5.41, 5.74) is 1.23. The molecular weight excluding hydrogens is 457 g/mol. The molecule has 0 heterocycles. The van der Waals surface area contributed by atoms with Crippen molar-refractivity contribution in [3.8, 4) is 0 Å². The Morgan fingerprint density at radius 3 is 2.06 bits per heavy atom. The summed E-state index contributed by atoms with van der Waals surface area (Å²) in [6, 6.07) is 14.7. The van der Waals surface area contributed by atoms with Gasteiger partial charge in [0.25, 0.3) is 21.8 Å². The third-order valence-corrected chi connectivity index (χ3v) is 6.10. The van der Waals surface area contributed by atoms with Gasteiger partial charge in [-0.1, -0.05) is 11.6 Å². The first-order chi connectivity index (χ1) is 15.1. The number of halogens is 2. The lowest BCUT2D eigenvalue weighted by molar-refractivity contribution is 0.0827. The lowest BCUT2D eigenvalue weighted by Gasteiger charge is -2.13. The quantitative estimate of drug-likeness (QED) is 0.557. The summed E-state index contributed by atoms with van der Waals surface area (Å²) in [6.45, 7) is 0. The fourth-order valence-corrected chi connectivity index (χ4v) is 4.05. The number of carbonyl (C=O) groups is 2. The van der Waals surface area contributed by atoms with Crippen LogP contribution in [0.3, 0.4) is 0 Å². The maximum Gasteiger partial charge on any atom is 0.261 e. The van der Waals surface area contributed by atoms with Crippen LogP contribution in [0.1, 0.15) is 20.7 Å². The van der Waals surface area contributed by atoms with Crippen molar-refractivity contribution in [2.24, 2.45) is 0 Å². The summed E-state index contributed by atoms with van der Waals surface area (Å²) < 4.78 is 40.1. The first-order valence-electron chi connectivity index (χ1n) is 9.28. The highest BCUT2D eigenvalue weighted by Gasteiger charge is 2.16. The Morgan fingerprint density at radius 1 is 0.906 bits per heavy atom. The molecule has 0 unspecified atom stereocenters. The summed E-state index contributed by atoms with van der Waals surface area (Å²) in [5.74, 6) is -1.24. The fraction of sp³-hybridized carbons (Fsp3) is 0.0909. The molecule has 0 spiro atoms. The Labute approximate surface area is 189 Å². The van der Waals surface area contributed by atoms with Crippen LogP contribution in [-0.4, -0.2) is 39.2 Å². The molecule has 0 saturated carbocycles. The highest BCUT2D eigenvalue weighted by atomic mass is 35.5. The van der Waals surface area contributed by atoms with Crippen LogP contribution in [0, 0.1) is 5.82 Å². The SMILES string of the molecule is CN(C)C(=O)c1ccc(NC(=O)c2ccc(NS(=O)(=O)c3ccc(F)cc3)cc2)cc1Cl. The number of carbonyl (C=O) groups excluding carboxylic acids is 2. The average Bonchev–Trinajstić information content (AvgIpc) is 2.74. The maximum absolute atomic E-state index is 13.0. The summed E-state index contributed by atoms with van der Waals surface area (Å²) >= 11 is 6.15. The first kappa shape index (κ1) is 23.2. The molecule has 3 aromatic rings. The van der Waals surface area contributed by atoms with Crippen LogP contribution in [0.5, 0.6) is 0 Å². The smallest absolute Gasteiger partial charge is 0.261 e. The van der Waals surface area contributed by atoms with Crippen LogP contribution in [0.2, 0.25) is 5.02 Å². The Bertz CT molecular complexity index is 1260. The van der Waals surface area contributed by atoms with Crippen molar-refractivity contribution in [3.63, 3.8) is 0 Å². The molecule has 0 aliphatic carbocycles. The number of sulfonamides is 1. The third-order valence-electron chi connectivity index (χ3n) is 4.39. The minimum atomic E-state index is -3.90. The van der Waals surface area contributed by atoms with Gasteiger partial charge in [-0.15, -0.1) is 0 Å². The lowest BCUT2D eigenvalue weighted by atomic mass is 10.1. The Balaban J connectivity index is 1.69. The third kappa shape index (κ3) is 5.43. The van der Waals surface area contributed by atoms with Crippen molar-refractivity contribution in [2.45, 2.75) is 4.90 Å². The number of hydrogen-bond donors (Lipinski definition) is 2. The van der Waals surface area contributed by atoms with Crippen molar-refractivity contribution in [1.82, 2.24) is 4.90 Å². The van der Waals surface area contributed by atoms with Gasteiger partial charge in [-0.25, -0.2) is 12.8 Å². The van der Waals surface area contributed by atoms with Gasteiger partial charge >= 0.3 is 0 Å². The number of nitrogens with one attached hydrogen (secondary N) is 2. The highest BCUT2D eigenvalue weighted by molar-refractivity contribution is 7.92. The maximum atomic E-state index is 13.0. The van der Waals surface area contributed by atoms with Crippen LogP contribution in [-0.2, 0) is 10.0 Å². The second-order valence-corrected chi connectivity index (χ2v) is 9.07. The zero-order chi connectivity index (χ0) is 23.5. The molecule has 0 fully saturated rings. The molecule has 0 atom stereocenters. The molecule has 0 radical (unpaired) electrons. The summed E-state index contributed by atoms with van der Waals surface area (Å²) in [7, 11) is -0.679. The van der Waals surface area contributed by atoms with Gasteiger partial charge in [-0.2, -0.15) is 0 Å². The van der Waals surface area contributed by atoms with Crippen molar-refractivity contribution < 1.29 is 22.4 Å². The number of amides is 2. The van der Waals surface area contributed by atoms with Gasteiger partial charge in [0.15, 0.2) is 0 Å². The number of anilines is 2. The van der Waals surface area contributed by atoms with Gasteiger partial charge in [0.2, 0.25) is 0 Å². The van der Waals surface area contributed by atoms with E-state index in [-0.39, 0.29) is 27.1 Å². The minimum Gasteiger partial charge on any atom is -0.345 e. The monoisotopic (exact) mass is 475 g/mol. The van der Waals surface area contributed by atoms with Gasteiger partial charge in [-0.05, 0) is 66.7 Å². The van der Waals surface area contributed by atoms with Crippen LogP contribution in [0.4, 0.5) is 15.8 Å². The van der Waals surface area contributed by atoms with E-state index in [4.69, 9.17) is 11.6 Å². The van der Waals surface area contributed by atoms with E-state index >= 15 is 0 Å². The van der Waals surface area contributed by atoms with E-state index in [1.165, 1.54) is 41.3 Å². The van der Waals surface area contributed by atoms with Crippen LogP contribution >= 0.6 is 11.6 Å². The van der Waals surface area contributed by atoms with E-state index in [1.807, 2.05) is 0 Å². The zero-order valence-electron chi connectivity index (χ0n) is 17.1. The summed E-state index contributed by atoms with van der Waals surface area (Å²) in [6.07, 6.45) is 0. The number of nitrogens with zero attached hydrogens (tertiary/aromatic N) is 1. The molecule has 166 valence electrons. The molecule has 0 saturated heterocycles. The van der Waals surface area contributed by atoms with E-state index in [0.29, 0.717) is 11.3 Å². The lowest BCUT2D eigenvalue weighted by Crippen LogP contribution is -2.22. The Morgan fingerprint density at radius 2 is 1.50 bits per heavy atom. The van der Waals surface area contributed by atoms with E-state index in [1.54, 1.807) is 20.2 Å². The molecule has 0 aliphatic rings. The molecule has 3 aromatic carbocycles. The second kappa shape index (κ2) is 9.37. The number of rotatable bonds is 6.